The van der Waals surface area contributed by atoms with Crippen molar-refractivity contribution in [2.24, 2.45) is 5.92 Å². The SMILES string of the molecule is C[Si](C)(C)c1cnc(-c2[c-]cccc2)cc1CC1CCCCC1.Cc1cnc(-c2[c-]cccc2)cc1-c1ccccc1.[Ir]. The van der Waals surface area contributed by atoms with E-state index < -0.39 is 8.07 Å². The molecule has 3 aromatic carbocycles. The fourth-order valence-corrected chi connectivity index (χ4v) is 7.49. The van der Waals surface area contributed by atoms with Crippen LogP contribution < -0.4 is 5.19 Å². The summed E-state index contributed by atoms with van der Waals surface area (Å²) in [5.41, 5.74) is 9.37. The van der Waals surface area contributed by atoms with Gasteiger partial charge in [-0.15, -0.1) is 71.8 Å². The summed E-state index contributed by atoms with van der Waals surface area (Å²) in [6, 6.07) is 37.5. The first-order chi connectivity index (χ1) is 20.4. The van der Waals surface area contributed by atoms with Crippen LogP contribution in [0.3, 0.4) is 0 Å². The van der Waals surface area contributed by atoms with Crippen LogP contribution >= 0.6 is 0 Å². The van der Waals surface area contributed by atoms with Gasteiger partial charge in [-0.25, -0.2) is 0 Å². The number of pyridine rings is 2. The number of nitrogens with zero attached hydrogens (tertiary/aromatic N) is 2. The molecule has 1 fully saturated rings. The zero-order valence-corrected chi connectivity index (χ0v) is 29.3. The van der Waals surface area contributed by atoms with Gasteiger partial charge in [0.05, 0.1) is 8.07 Å². The van der Waals surface area contributed by atoms with E-state index in [0.717, 1.165) is 28.4 Å². The molecule has 0 unspecified atom stereocenters. The van der Waals surface area contributed by atoms with Crippen LogP contribution in [-0.2, 0) is 26.5 Å². The summed E-state index contributed by atoms with van der Waals surface area (Å²) in [7, 11) is -1.36. The average Bonchev–Trinajstić information content (AvgIpc) is 3.03. The second-order valence-electron chi connectivity index (χ2n) is 12.5. The molecule has 0 atom stereocenters. The first-order valence-corrected chi connectivity index (χ1v) is 18.8. The molecule has 0 N–H and O–H groups in total. The molecule has 1 aliphatic carbocycles. The Labute approximate surface area is 273 Å². The molecular weight excluding hydrogens is 717 g/mol. The maximum absolute atomic E-state index is 4.77. The summed E-state index contributed by atoms with van der Waals surface area (Å²) in [4.78, 5) is 9.28. The van der Waals surface area contributed by atoms with E-state index in [1.165, 1.54) is 55.2 Å². The number of aryl methyl sites for hydroxylation is 1. The Hall–Kier alpha value is -3.17. The Morgan fingerprint density at radius 2 is 1.30 bits per heavy atom. The van der Waals surface area contributed by atoms with Gasteiger partial charge in [0, 0.05) is 32.5 Å². The molecule has 2 heterocycles. The number of hydrogen-bond donors (Lipinski definition) is 0. The normalized spacial score (nSPS) is 13.4. The van der Waals surface area contributed by atoms with E-state index in [9.17, 15) is 0 Å². The monoisotopic (exact) mass is 759 g/mol. The van der Waals surface area contributed by atoms with Gasteiger partial charge < -0.3 is 9.97 Å². The van der Waals surface area contributed by atoms with Crippen molar-refractivity contribution in [3.05, 3.63) is 127 Å². The zero-order chi connectivity index (χ0) is 29.4. The van der Waals surface area contributed by atoms with Gasteiger partial charge in [0.1, 0.15) is 0 Å². The van der Waals surface area contributed by atoms with E-state index in [1.54, 1.807) is 10.8 Å². The Balaban J connectivity index is 0.000000195. The maximum atomic E-state index is 4.77. The van der Waals surface area contributed by atoms with Crippen LogP contribution in [0.5, 0.6) is 0 Å². The van der Waals surface area contributed by atoms with E-state index in [4.69, 9.17) is 4.98 Å². The molecule has 6 rings (SSSR count). The van der Waals surface area contributed by atoms with Crippen molar-refractivity contribution in [1.82, 2.24) is 9.97 Å². The minimum atomic E-state index is -1.36. The molecule has 223 valence electrons. The van der Waals surface area contributed by atoms with Crippen LogP contribution in [0, 0.1) is 25.0 Å². The molecule has 1 radical (unpaired) electrons. The van der Waals surface area contributed by atoms with Crippen molar-refractivity contribution in [1.29, 1.82) is 0 Å². The van der Waals surface area contributed by atoms with Crippen LogP contribution in [0.1, 0.15) is 43.2 Å². The van der Waals surface area contributed by atoms with Crippen LogP contribution in [-0.4, -0.2) is 18.0 Å². The van der Waals surface area contributed by atoms with Gasteiger partial charge in [0.25, 0.3) is 0 Å². The Bertz CT molecular complexity index is 1560. The number of rotatable bonds is 6. The minimum absolute atomic E-state index is 0. The predicted molar refractivity (Wildman–Crippen MR) is 180 cm³/mol. The minimum Gasteiger partial charge on any atom is -0.305 e. The van der Waals surface area contributed by atoms with Crippen LogP contribution in [0.2, 0.25) is 19.6 Å². The molecule has 4 heteroatoms. The van der Waals surface area contributed by atoms with Crippen LogP contribution in [0.15, 0.2) is 103 Å². The maximum Gasteiger partial charge on any atom is 0.0798 e. The second kappa shape index (κ2) is 15.5. The summed E-state index contributed by atoms with van der Waals surface area (Å²) in [5, 5.41) is 1.54. The van der Waals surface area contributed by atoms with Crippen molar-refractivity contribution < 1.29 is 20.1 Å². The first kappa shape index (κ1) is 32.7. The van der Waals surface area contributed by atoms with Crippen LogP contribution in [0.4, 0.5) is 0 Å². The van der Waals surface area contributed by atoms with Gasteiger partial charge in [-0.2, -0.15) is 0 Å². The van der Waals surface area contributed by atoms with Gasteiger partial charge >= 0.3 is 0 Å². The van der Waals surface area contributed by atoms with E-state index in [-0.39, 0.29) is 20.1 Å². The Morgan fingerprint density at radius 3 is 1.88 bits per heavy atom. The third kappa shape index (κ3) is 8.92. The van der Waals surface area contributed by atoms with Gasteiger partial charge in [0.15, 0.2) is 0 Å². The topological polar surface area (TPSA) is 25.8 Å². The fourth-order valence-electron chi connectivity index (χ4n) is 5.90. The van der Waals surface area contributed by atoms with Crippen molar-refractivity contribution in [3.63, 3.8) is 0 Å². The molecule has 0 aliphatic heterocycles. The quantitative estimate of drug-likeness (QED) is 0.127. The molecular formula is C39H42IrN2Si-2. The molecule has 2 nitrogen and oxygen atoms in total. The molecule has 2 aromatic heterocycles. The molecule has 1 saturated carbocycles. The second-order valence-corrected chi connectivity index (χ2v) is 17.5. The number of benzene rings is 3. The van der Waals surface area contributed by atoms with Crippen molar-refractivity contribution in [2.75, 3.05) is 0 Å². The summed E-state index contributed by atoms with van der Waals surface area (Å²) < 4.78 is 0. The van der Waals surface area contributed by atoms with Crippen molar-refractivity contribution >= 4 is 13.3 Å². The molecule has 0 amide bonds. The average molecular weight is 759 g/mol. The number of aromatic nitrogens is 2. The van der Waals surface area contributed by atoms with Gasteiger partial charge in [0.2, 0.25) is 0 Å². The summed E-state index contributed by atoms with van der Waals surface area (Å²) in [5.74, 6) is 0.869. The number of hydrogen-bond acceptors (Lipinski definition) is 2. The third-order valence-corrected chi connectivity index (χ3v) is 10.3. The van der Waals surface area contributed by atoms with Gasteiger partial charge in [-0.3, -0.25) is 0 Å². The Morgan fingerprint density at radius 1 is 0.721 bits per heavy atom. The predicted octanol–water partition coefficient (Wildman–Crippen LogP) is 9.74. The standard InChI is InChI=1S/C21H28NSi.C18H14N.Ir/c1-23(2,3)21-16-22-20(18-12-8-5-9-13-18)15-19(21)14-17-10-6-4-7-11-17;1-14-13-19-18(16-10-6-3-7-11-16)12-17(14)15-8-4-2-5-9-15;/h5,8-9,12,15-17H,4,6-7,10-11,14H2,1-3H3;2-10,12-13H,1H3;/q2*-1;. The van der Waals surface area contributed by atoms with Crippen molar-refractivity contribution in [2.45, 2.75) is 65.1 Å². The van der Waals surface area contributed by atoms with E-state index in [1.807, 2.05) is 48.7 Å². The van der Waals surface area contributed by atoms with Crippen LogP contribution in [0.25, 0.3) is 33.6 Å². The molecule has 0 bridgehead atoms. The largest absolute Gasteiger partial charge is 0.305 e. The smallest absolute Gasteiger partial charge is 0.0798 e. The molecule has 43 heavy (non-hydrogen) atoms. The molecule has 5 aromatic rings. The van der Waals surface area contributed by atoms with Gasteiger partial charge in [-0.1, -0.05) is 99.8 Å². The molecule has 0 spiro atoms. The van der Waals surface area contributed by atoms with Crippen molar-refractivity contribution in [3.8, 4) is 33.6 Å². The zero-order valence-electron chi connectivity index (χ0n) is 25.9. The first-order valence-electron chi connectivity index (χ1n) is 15.3. The van der Waals surface area contributed by atoms with E-state index >= 15 is 0 Å². The van der Waals surface area contributed by atoms with E-state index in [0.29, 0.717) is 0 Å². The van der Waals surface area contributed by atoms with Gasteiger partial charge in [-0.05, 0) is 52.5 Å². The van der Waals surface area contributed by atoms with E-state index in [2.05, 4.69) is 98.4 Å². The fraction of sp³-hybridized carbons (Fsp3) is 0.282. The summed E-state index contributed by atoms with van der Waals surface area (Å²) in [6.45, 7) is 9.39. The summed E-state index contributed by atoms with van der Waals surface area (Å²) in [6.07, 6.45) is 12.4. The third-order valence-electron chi connectivity index (χ3n) is 8.19. The Kier molecular flexibility index (Phi) is 11.8. The molecule has 1 aliphatic rings. The summed E-state index contributed by atoms with van der Waals surface area (Å²) >= 11 is 0. The molecule has 0 saturated heterocycles.